The molecular formula is C17H28N4O2. The van der Waals surface area contributed by atoms with Gasteiger partial charge >= 0.3 is 6.09 Å². The summed E-state index contributed by atoms with van der Waals surface area (Å²) in [6.07, 6.45) is 0.432. The van der Waals surface area contributed by atoms with Crippen molar-refractivity contribution in [2.45, 2.75) is 27.2 Å². The van der Waals surface area contributed by atoms with Gasteiger partial charge < -0.3 is 20.8 Å². The zero-order valence-electron chi connectivity index (χ0n) is 14.4. The summed E-state index contributed by atoms with van der Waals surface area (Å²) in [6, 6.07) is 7.76. The van der Waals surface area contributed by atoms with Crippen molar-refractivity contribution in [1.82, 2.24) is 10.3 Å². The van der Waals surface area contributed by atoms with Gasteiger partial charge in [-0.25, -0.2) is 10.6 Å². The van der Waals surface area contributed by atoms with Gasteiger partial charge in [-0.2, -0.15) is 0 Å². The molecule has 0 fully saturated rings. The van der Waals surface area contributed by atoms with Crippen LogP contribution in [0.15, 0.2) is 30.0 Å². The Balaban J connectivity index is 2.69. The number of nitrogens with one attached hydrogen (secondary N) is 1. The van der Waals surface area contributed by atoms with Crippen LogP contribution in [0.5, 0.6) is 0 Å². The Morgan fingerprint density at radius 3 is 2.43 bits per heavy atom. The zero-order valence-corrected chi connectivity index (χ0v) is 14.4. The largest absolute Gasteiger partial charge is 0.443 e. The summed E-state index contributed by atoms with van der Waals surface area (Å²) in [5, 5.41) is 4.08. The third kappa shape index (κ3) is 6.61. The van der Waals surface area contributed by atoms with E-state index in [4.69, 9.17) is 16.3 Å². The number of alkyl carbamates (subject to hydrolysis) is 1. The van der Waals surface area contributed by atoms with Crippen LogP contribution >= 0.6 is 0 Å². The standard InChI is InChI=1S/C17H28N4O2/c1-12(2)9-10-20-17(22)23-11-15(21(4)19)16(18)14-7-5-13(3)6-8-14/h5-8,12H,9-11,18-19H2,1-4H3,(H,20,22)/b16-15-. The van der Waals surface area contributed by atoms with Gasteiger partial charge in [0.2, 0.25) is 0 Å². The summed E-state index contributed by atoms with van der Waals surface area (Å²) in [6.45, 7) is 6.80. The summed E-state index contributed by atoms with van der Waals surface area (Å²) in [5.74, 6) is 6.34. The maximum absolute atomic E-state index is 11.7. The number of nitrogens with zero attached hydrogens (tertiary/aromatic N) is 1. The lowest BCUT2D eigenvalue weighted by Gasteiger charge is -2.20. The molecule has 0 atom stereocenters. The van der Waals surface area contributed by atoms with E-state index in [1.165, 1.54) is 5.01 Å². The molecule has 0 aliphatic rings. The van der Waals surface area contributed by atoms with Crippen LogP contribution in [-0.2, 0) is 4.74 Å². The van der Waals surface area contributed by atoms with Crippen molar-refractivity contribution in [3.8, 4) is 0 Å². The SMILES string of the molecule is Cc1ccc(/C(N)=C(\COC(=O)NCCC(C)C)N(C)N)cc1. The first-order chi connectivity index (χ1) is 10.8. The molecule has 0 aliphatic heterocycles. The molecule has 1 aromatic carbocycles. The van der Waals surface area contributed by atoms with E-state index >= 15 is 0 Å². The highest BCUT2D eigenvalue weighted by Gasteiger charge is 2.12. The molecule has 128 valence electrons. The van der Waals surface area contributed by atoms with Crippen molar-refractivity contribution in [3.63, 3.8) is 0 Å². The van der Waals surface area contributed by atoms with Crippen molar-refractivity contribution in [2.75, 3.05) is 20.2 Å². The van der Waals surface area contributed by atoms with Crippen molar-refractivity contribution >= 4 is 11.8 Å². The number of ether oxygens (including phenoxy) is 1. The number of carbonyl (C=O) groups excluding carboxylic acids is 1. The van der Waals surface area contributed by atoms with Gasteiger partial charge in [-0.15, -0.1) is 0 Å². The Bertz CT molecular complexity index is 536. The highest BCUT2D eigenvalue weighted by Crippen LogP contribution is 2.15. The number of hydrazine groups is 1. The van der Waals surface area contributed by atoms with Crippen molar-refractivity contribution < 1.29 is 9.53 Å². The number of hydrogen-bond acceptors (Lipinski definition) is 5. The lowest BCUT2D eigenvalue weighted by Crippen LogP contribution is -2.33. The van der Waals surface area contributed by atoms with Gasteiger partial charge in [0.1, 0.15) is 6.61 Å². The minimum Gasteiger partial charge on any atom is -0.443 e. The number of amides is 1. The normalized spacial score (nSPS) is 11.9. The molecule has 5 N–H and O–H groups in total. The average Bonchev–Trinajstić information content (AvgIpc) is 2.47. The molecule has 0 saturated carbocycles. The number of carbonyl (C=O) groups is 1. The van der Waals surface area contributed by atoms with Crippen molar-refractivity contribution in [2.24, 2.45) is 17.5 Å². The fourth-order valence-electron chi connectivity index (χ4n) is 1.92. The molecule has 0 unspecified atom stereocenters. The molecule has 1 amide bonds. The Morgan fingerprint density at radius 1 is 1.30 bits per heavy atom. The molecule has 0 heterocycles. The number of nitrogens with two attached hydrogens (primary N) is 2. The first-order valence-electron chi connectivity index (χ1n) is 7.76. The van der Waals surface area contributed by atoms with Gasteiger partial charge in [-0.05, 0) is 24.8 Å². The van der Waals surface area contributed by atoms with Gasteiger partial charge in [-0.3, -0.25) is 0 Å². The molecule has 0 spiro atoms. The minimum absolute atomic E-state index is 0.0141. The fourth-order valence-corrected chi connectivity index (χ4v) is 1.92. The highest BCUT2D eigenvalue weighted by molar-refractivity contribution is 5.69. The minimum atomic E-state index is -0.471. The Morgan fingerprint density at radius 2 is 1.91 bits per heavy atom. The number of aryl methyl sites for hydroxylation is 1. The number of rotatable bonds is 7. The summed E-state index contributed by atoms with van der Waals surface area (Å²) in [7, 11) is 1.66. The van der Waals surface area contributed by atoms with Crippen molar-refractivity contribution in [1.29, 1.82) is 0 Å². The molecule has 23 heavy (non-hydrogen) atoms. The van der Waals surface area contributed by atoms with Crippen LogP contribution in [0, 0.1) is 12.8 Å². The Hall–Kier alpha value is -2.21. The number of benzene rings is 1. The lowest BCUT2D eigenvalue weighted by atomic mass is 10.1. The molecule has 0 saturated heterocycles. The first-order valence-corrected chi connectivity index (χ1v) is 7.76. The number of hydrogen-bond donors (Lipinski definition) is 3. The van der Waals surface area contributed by atoms with Gasteiger partial charge in [0.25, 0.3) is 0 Å². The molecule has 0 aliphatic carbocycles. The van der Waals surface area contributed by atoms with E-state index in [0.29, 0.717) is 23.9 Å². The van der Waals surface area contributed by atoms with E-state index in [-0.39, 0.29) is 6.61 Å². The van der Waals surface area contributed by atoms with Gasteiger partial charge in [-0.1, -0.05) is 43.7 Å². The predicted molar refractivity (Wildman–Crippen MR) is 93.0 cm³/mol. The first kappa shape index (κ1) is 18.8. The summed E-state index contributed by atoms with van der Waals surface area (Å²) in [5.41, 5.74) is 9.19. The quantitative estimate of drug-likeness (QED) is 0.529. The highest BCUT2D eigenvalue weighted by atomic mass is 16.5. The summed E-state index contributed by atoms with van der Waals surface area (Å²) < 4.78 is 5.20. The molecule has 0 aromatic heterocycles. The third-order valence-electron chi connectivity index (χ3n) is 3.43. The van der Waals surface area contributed by atoms with Gasteiger partial charge in [0.15, 0.2) is 0 Å². The number of likely N-dealkylation sites (N-methyl/N-ethyl adjacent to an activating group) is 1. The lowest BCUT2D eigenvalue weighted by molar-refractivity contribution is 0.147. The maximum Gasteiger partial charge on any atom is 0.407 e. The van der Waals surface area contributed by atoms with E-state index in [9.17, 15) is 4.79 Å². The van der Waals surface area contributed by atoms with E-state index in [1.54, 1.807) is 7.05 Å². The van der Waals surface area contributed by atoms with E-state index in [0.717, 1.165) is 17.5 Å². The molecule has 6 nitrogen and oxygen atoms in total. The van der Waals surface area contributed by atoms with Crippen LogP contribution < -0.4 is 16.9 Å². The van der Waals surface area contributed by atoms with Crippen LogP contribution in [-0.4, -0.2) is 31.3 Å². The Labute approximate surface area is 138 Å². The molecule has 1 rings (SSSR count). The summed E-state index contributed by atoms with van der Waals surface area (Å²) >= 11 is 0. The average molecular weight is 320 g/mol. The topological polar surface area (TPSA) is 93.6 Å². The fraction of sp³-hybridized carbons (Fsp3) is 0.471. The monoisotopic (exact) mass is 320 g/mol. The third-order valence-corrected chi connectivity index (χ3v) is 3.43. The van der Waals surface area contributed by atoms with Crippen LogP contribution in [0.25, 0.3) is 5.70 Å². The van der Waals surface area contributed by atoms with Crippen LogP contribution in [0.1, 0.15) is 31.4 Å². The summed E-state index contributed by atoms with van der Waals surface area (Å²) in [4.78, 5) is 11.7. The van der Waals surface area contributed by atoms with Gasteiger partial charge in [0.05, 0.1) is 11.4 Å². The molecule has 6 heteroatoms. The van der Waals surface area contributed by atoms with Crippen LogP contribution in [0.3, 0.4) is 0 Å². The van der Waals surface area contributed by atoms with Gasteiger partial charge in [0, 0.05) is 13.6 Å². The second-order valence-electron chi connectivity index (χ2n) is 6.02. The molecule has 1 aromatic rings. The maximum atomic E-state index is 11.7. The molecule has 0 radical (unpaired) electrons. The second-order valence-corrected chi connectivity index (χ2v) is 6.02. The van der Waals surface area contributed by atoms with E-state index in [1.807, 2.05) is 31.2 Å². The van der Waals surface area contributed by atoms with Crippen LogP contribution in [0.4, 0.5) is 4.79 Å². The van der Waals surface area contributed by atoms with E-state index in [2.05, 4.69) is 19.2 Å². The van der Waals surface area contributed by atoms with Crippen LogP contribution in [0.2, 0.25) is 0 Å². The second kappa shape index (κ2) is 9.05. The Kier molecular flexibility index (Phi) is 7.41. The van der Waals surface area contributed by atoms with E-state index < -0.39 is 6.09 Å². The molecular weight excluding hydrogens is 292 g/mol. The van der Waals surface area contributed by atoms with Crippen molar-refractivity contribution in [3.05, 3.63) is 41.1 Å². The smallest absolute Gasteiger partial charge is 0.407 e. The molecule has 0 bridgehead atoms. The predicted octanol–water partition coefficient (Wildman–Crippen LogP) is 2.20. The zero-order chi connectivity index (χ0) is 17.4.